The molecule has 0 N–H and O–H groups in total. The molecule has 1 aromatic rings. The first-order valence-electron chi connectivity index (χ1n) is 3.11. The van der Waals surface area contributed by atoms with Crippen LogP contribution in [0.15, 0.2) is 30.7 Å². The zero-order valence-corrected chi connectivity index (χ0v) is 8.13. The molecule has 0 spiro atoms. The predicted molar refractivity (Wildman–Crippen MR) is 53.2 cm³/mol. The fourth-order valence-corrected chi connectivity index (χ4v) is 1.22. The highest BCUT2D eigenvalue weighted by Gasteiger charge is 2.00. The van der Waals surface area contributed by atoms with Crippen molar-refractivity contribution >= 4 is 26.2 Å². The first kappa shape index (κ1) is 9.11. The van der Waals surface area contributed by atoms with Gasteiger partial charge in [0, 0.05) is 18.0 Å². The SMILES string of the molecule is O=[N+]([O-])/C=C(\I)c1cccnc1. The van der Waals surface area contributed by atoms with Crippen molar-refractivity contribution in [2.24, 2.45) is 0 Å². The molecule has 4 nitrogen and oxygen atoms in total. The van der Waals surface area contributed by atoms with Gasteiger partial charge < -0.3 is 0 Å². The molecule has 1 aromatic heterocycles. The molecule has 0 aliphatic carbocycles. The minimum Gasteiger partial charge on any atom is -0.264 e. The third kappa shape index (κ3) is 2.57. The van der Waals surface area contributed by atoms with Gasteiger partial charge in [-0.05, 0) is 28.7 Å². The van der Waals surface area contributed by atoms with Gasteiger partial charge in [0.05, 0.1) is 8.50 Å². The van der Waals surface area contributed by atoms with Gasteiger partial charge in [0.15, 0.2) is 0 Å². The van der Waals surface area contributed by atoms with Gasteiger partial charge in [0.2, 0.25) is 6.20 Å². The zero-order valence-electron chi connectivity index (χ0n) is 5.98. The van der Waals surface area contributed by atoms with Gasteiger partial charge in [-0.2, -0.15) is 0 Å². The van der Waals surface area contributed by atoms with Crippen molar-refractivity contribution in [3.8, 4) is 0 Å². The summed E-state index contributed by atoms with van der Waals surface area (Å²) in [5, 5.41) is 10.1. The minimum atomic E-state index is -0.477. The van der Waals surface area contributed by atoms with Crippen molar-refractivity contribution < 1.29 is 4.92 Å². The summed E-state index contributed by atoms with van der Waals surface area (Å²) in [5.41, 5.74) is 0.759. The van der Waals surface area contributed by atoms with Crippen LogP contribution in [0.5, 0.6) is 0 Å². The fourth-order valence-electron chi connectivity index (χ4n) is 0.671. The molecule has 0 amide bonds. The maximum absolute atomic E-state index is 10.1. The second-order valence-electron chi connectivity index (χ2n) is 2.00. The van der Waals surface area contributed by atoms with Gasteiger partial charge in [-0.25, -0.2) is 0 Å². The van der Waals surface area contributed by atoms with Crippen LogP contribution in [0.4, 0.5) is 0 Å². The van der Waals surface area contributed by atoms with E-state index in [9.17, 15) is 10.1 Å². The molecule has 0 aliphatic heterocycles. The summed E-state index contributed by atoms with van der Waals surface area (Å²) in [5.74, 6) is 0. The number of rotatable bonds is 2. The second-order valence-corrected chi connectivity index (χ2v) is 3.17. The quantitative estimate of drug-likeness (QED) is 0.472. The Balaban J connectivity index is 2.93. The van der Waals surface area contributed by atoms with E-state index in [0.29, 0.717) is 3.58 Å². The van der Waals surface area contributed by atoms with Gasteiger partial charge in [0.1, 0.15) is 0 Å². The van der Waals surface area contributed by atoms with Gasteiger partial charge in [-0.1, -0.05) is 6.07 Å². The fraction of sp³-hybridized carbons (Fsp3) is 0. The molecule has 5 heteroatoms. The molecule has 1 heterocycles. The summed E-state index contributed by atoms with van der Waals surface area (Å²) >= 11 is 1.90. The van der Waals surface area contributed by atoms with E-state index < -0.39 is 4.92 Å². The predicted octanol–water partition coefficient (Wildman–Crippen LogP) is 2.09. The highest BCUT2D eigenvalue weighted by molar-refractivity contribution is 14.1. The number of halogens is 1. The van der Waals surface area contributed by atoms with E-state index in [2.05, 4.69) is 4.98 Å². The standard InChI is InChI=1S/C7H5IN2O2/c8-7(5-10(11)12)6-2-1-3-9-4-6/h1-5H/b7-5-. The molecule has 62 valence electrons. The van der Waals surface area contributed by atoms with Crippen LogP contribution in [-0.2, 0) is 0 Å². The number of hydrogen-bond acceptors (Lipinski definition) is 3. The molecule has 0 aliphatic rings. The van der Waals surface area contributed by atoms with E-state index >= 15 is 0 Å². The Morgan fingerprint density at radius 3 is 3.00 bits per heavy atom. The Bertz CT molecular complexity index is 310. The minimum absolute atomic E-state index is 0.477. The van der Waals surface area contributed by atoms with Crippen molar-refractivity contribution in [3.63, 3.8) is 0 Å². The van der Waals surface area contributed by atoms with E-state index in [1.807, 2.05) is 22.6 Å². The molecule has 1 rings (SSSR count). The summed E-state index contributed by atoms with van der Waals surface area (Å²) in [4.78, 5) is 13.5. The van der Waals surface area contributed by atoms with Gasteiger partial charge >= 0.3 is 0 Å². The third-order valence-electron chi connectivity index (χ3n) is 1.16. The molecule has 0 atom stereocenters. The summed E-state index contributed by atoms with van der Waals surface area (Å²) in [6.07, 6.45) is 4.17. The Labute approximate surface area is 82.6 Å². The summed E-state index contributed by atoms with van der Waals surface area (Å²) in [6, 6.07) is 3.51. The number of aromatic nitrogens is 1. The molecule has 0 fully saturated rings. The summed E-state index contributed by atoms with van der Waals surface area (Å²) < 4.78 is 0.575. The molecular weight excluding hydrogens is 271 g/mol. The van der Waals surface area contributed by atoms with E-state index in [1.54, 1.807) is 24.5 Å². The molecular formula is C7H5IN2O2. The molecule has 0 saturated carbocycles. The molecule has 0 saturated heterocycles. The van der Waals surface area contributed by atoms with Crippen LogP contribution in [0.25, 0.3) is 3.58 Å². The van der Waals surface area contributed by atoms with Crippen LogP contribution in [0.3, 0.4) is 0 Å². The van der Waals surface area contributed by atoms with Gasteiger partial charge in [0.25, 0.3) is 0 Å². The van der Waals surface area contributed by atoms with E-state index in [4.69, 9.17) is 0 Å². The average Bonchev–Trinajstić information content (AvgIpc) is 2.05. The van der Waals surface area contributed by atoms with Crippen LogP contribution in [0.1, 0.15) is 5.56 Å². The Hall–Kier alpha value is -0.980. The normalized spacial score (nSPS) is 11.2. The van der Waals surface area contributed by atoms with Crippen LogP contribution >= 0.6 is 22.6 Å². The van der Waals surface area contributed by atoms with Crippen molar-refractivity contribution in [2.45, 2.75) is 0 Å². The average molecular weight is 276 g/mol. The van der Waals surface area contributed by atoms with Crippen LogP contribution in [-0.4, -0.2) is 9.91 Å². The van der Waals surface area contributed by atoms with Crippen molar-refractivity contribution in [1.29, 1.82) is 0 Å². The number of nitrogens with zero attached hydrogens (tertiary/aromatic N) is 2. The molecule has 0 aromatic carbocycles. The van der Waals surface area contributed by atoms with E-state index in [0.717, 1.165) is 11.8 Å². The first-order chi connectivity index (χ1) is 5.70. The van der Waals surface area contributed by atoms with E-state index in [-0.39, 0.29) is 0 Å². The Kier molecular flexibility index (Phi) is 3.15. The van der Waals surface area contributed by atoms with Crippen molar-refractivity contribution in [1.82, 2.24) is 4.98 Å². The monoisotopic (exact) mass is 276 g/mol. The maximum atomic E-state index is 10.1. The molecule has 12 heavy (non-hydrogen) atoms. The lowest BCUT2D eigenvalue weighted by atomic mass is 10.3. The van der Waals surface area contributed by atoms with E-state index in [1.165, 1.54) is 0 Å². The third-order valence-corrected chi connectivity index (χ3v) is 2.06. The molecule has 0 unspecified atom stereocenters. The Morgan fingerprint density at radius 1 is 1.75 bits per heavy atom. The first-order valence-corrected chi connectivity index (χ1v) is 4.19. The van der Waals surface area contributed by atoms with Crippen molar-refractivity contribution in [3.05, 3.63) is 46.4 Å². The highest BCUT2D eigenvalue weighted by atomic mass is 127. The number of pyridine rings is 1. The lowest BCUT2D eigenvalue weighted by Crippen LogP contribution is -1.86. The maximum Gasteiger partial charge on any atom is 0.248 e. The summed E-state index contributed by atoms with van der Waals surface area (Å²) in [7, 11) is 0. The lowest BCUT2D eigenvalue weighted by molar-refractivity contribution is -0.401. The van der Waals surface area contributed by atoms with Crippen LogP contribution in [0, 0.1) is 10.1 Å². The smallest absolute Gasteiger partial charge is 0.248 e. The largest absolute Gasteiger partial charge is 0.264 e. The van der Waals surface area contributed by atoms with Gasteiger partial charge in [-0.3, -0.25) is 15.1 Å². The van der Waals surface area contributed by atoms with Gasteiger partial charge in [-0.15, -0.1) is 0 Å². The number of nitro groups is 1. The lowest BCUT2D eigenvalue weighted by Gasteiger charge is -1.93. The molecule has 0 bridgehead atoms. The zero-order chi connectivity index (χ0) is 8.97. The highest BCUT2D eigenvalue weighted by Crippen LogP contribution is 2.19. The molecule has 0 radical (unpaired) electrons. The van der Waals surface area contributed by atoms with Crippen molar-refractivity contribution in [2.75, 3.05) is 0 Å². The van der Waals surface area contributed by atoms with Crippen LogP contribution < -0.4 is 0 Å². The number of hydrogen-bond donors (Lipinski definition) is 0. The second kappa shape index (κ2) is 4.15. The van der Waals surface area contributed by atoms with Crippen LogP contribution in [0.2, 0.25) is 0 Å². The Morgan fingerprint density at radius 2 is 2.50 bits per heavy atom. The summed E-state index contributed by atoms with van der Waals surface area (Å²) in [6.45, 7) is 0. The topological polar surface area (TPSA) is 56.0 Å².